The molecule has 2 aliphatic rings. The molecule has 1 N–H and O–H groups in total. The van der Waals surface area contributed by atoms with Crippen molar-refractivity contribution in [3.63, 3.8) is 0 Å². The first-order valence-corrected chi connectivity index (χ1v) is 8.18. The van der Waals surface area contributed by atoms with E-state index in [2.05, 4.69) is 13.8 Å². The molecule has 1 unspecified atom stereocenters. The number of carbonyl (C=O) groups is 2. The molecule has 5 heteroatoms. The lowest BCUT2D eigenvalue weighted by Crippen LogP contribution is -2.46. The first-order valence-electron chi connectivity index (χ1n) is 8.18. The van der Waals surface area contributed by atoms with Crippen LogP contribution in [0.4, 0.5) is 4.79 Å². The normalized spacial score (nSPS) is 25.4. The van der Waals surface area contributed by atoms with Gasteiger partial charge in [-0.25, -0.2) is 4.79 Å². The van der Waals surface area contributed by atoms with Crippen LogP contribution in [-0.4, -0.2) is 52.6 Å². The fourth-order valence-corrected chi connectivity index (χ4v) is 3.34. The zero-order valence-corrected chi connectivity index (χ0v) is 13.5. The number of rotatable bonds is 6. The Kier molecular flexibility index (Phi) is 4.79. The summed E-state index contributed by atoms with van der Waals surface area (Å²) < 4.78 is 0. The molecule has 5 nitrogen and oxygen atoms in total. The molecule has 1 aliphatic heterocycles. The molecule has 1 aliphatic carbocycles. The van der Waals surface area contributed by atoms with Gasteiger partial charge >= 0.3 is 12.0 Å². The van der Waals surface area contributed by atoms with Crippen LogP contribution in [0.15, 0.2) is 0 Å². The molecule has 120 valence electrons. The Bertz CT molecular complexity index is 406. The number of carbonyl (C=O) groups excluding carboxylic acids is 1. The smallest absolute Gasteiger partial charge is 0.320 e. The predicted molar refractivity (Wildman–Crippen MR) is 81.1 cm³/mol. The molecule has 1 saturated heterocycles. The number of hydrogen-bond donors (Lipinski definition) is 1. The van der Waals surface area contributed by atoms with Gasteiger partial charge in [0, 0.05) is 25.7 Å². The molecular weight excluding hydrogens is 268 g/mol. The van der Waals surface area contributed by atoms with Gasteiger partial charge in [-0.05, 0) is 31.6 Å². The number of carboxylic acids is 1. The molecule has 0 aromatic carbocycles. The van der Waals surface area contributed by atoms with E-state index in [4.69, 9.17) is 0 Å². The minimum absolute atomic E-state index is 0.0467. The molecule has 0 spiro atoms. The van der Waals surface area contributed by atoms with Gasteiger partial charge in [-0.2, -0.15) is 0 Å². The maximum Gasteiger partial charge on any atom is 0.320 e. The zero-order chi connectivity index (χ0) is 15.6. The maximum absolute atomic E-state index is 12.7. The molecule has 2 rings (SSSR count). The summed E-state index contributed by atoms with van der Waals surface area (Å²) in [5.41, 5.74) is -0.725. The number of nitrogens with zero attached hydrogens (tertiary/aromatic N) is 2. The van der Waals surface area contributed by atoms with E-state index in [-0.39, 0.29) is 6.03 Å². The minimum Gasteiger partial charge on any atom is -0.481 e. The van der Waals surface area contributed by atoms with Crippen LogP contribution < -0.4 is 0 Å². The average molecular weight is 296 g/mol. The molecule has 0 aromatic rings. The first-order chi connectivity index (χ1) is 9.89. The molecule has 0 radical (unpaired) electrons. The summed E-state index contributed by atoms with van der Waals surface area (Å²) in [5, 5.41) is 9.55. The number of likely N-dealkylation sites (tertiary alicyclic amines) is 1. The van der Waals surface area contributed by atoms with Crippen molar-refractivity contribution in [2.24, 2.45) is 11.3 Å². The van der Waals surface area contributed by atoms with Crippen molar-refractivity contribution in [3.05, 3.63) is 0 Å². The lowest BCUT2D eigenvalue weighted by molar-refractivity contribution is -0.148. The number of urea groups is 1. The molecule has 1 atom stereocenters. The second kappa shape index (κ2) is 6.24. The van der Waals surface area contributed by atoms with Crippen LogP contribution in [0.2, 0.25) is 0 Å². The third-order valence-electron chi connectivity index (χ3n) is 4.60. The van der Waals surface area contributed by atoms with Crippen LogP contribution >= 0.6 is 0 Å². The van der Waals surface area contributed by atoms with E-state index in [1.807, 2.05) is 11.8 Å². The van der Waals surface area contributed by atoms with E-state index in [0.717, 1.165) is 25.8 Å². The fourth-order valence-electron chi connectivity index (χ4n) is 3.34. The van der Waals surface area contributed by atoms with Gasteiger partial charge in [-0.3, -0.25) is 4.79 Å². The Morgan fingerprint density at radius 1 is 1.38 bits per heavy atom. The highest BCUT2D eigenvalue weighted by atomic mass is 16.4. The lowest BCUT2D eigenvalue weighted by atomic mass is 9.83. The summed E-state index contributed by atoms with van der Waals surface area (Å²) >= 11 is 0. The van der Waals surface area contributed by atoms with Crippen LogP contribution in [0.3, 0.4) is 0 Å². The summed E-state index contributed by atoms with van der Waals surface area (Å²) in [7, 11) is 0. The Morgan fingerprint density at radius 2 is 2.05 bits per heavy atom. The quantitative estimate of drug-likeness (QED) is 0.820. The van der Waals surface area contributed by atoms with Gasteiger partial charge in [0.25, 0.3) is 0 Å². The van der Waals surface area contributed by atoms with E-state index >= 15 is 0 Å². The second-order valence-electron chi connectivity index (χ2n) is 7.07. The highest BCUT2D eigenvalue weighted by Crippen LogP contribution is 2.37. The van der Waals surface area contributed by atoms with E-state index < -0.39 is 11.4 Å². The van der Waals surface area contributed by atoms with Gasteiger partial charge in [-0.1, -0.05) is 27.2 Å². The molecular formula is C16H28N2O3. The number of amides is 2. The van der Waals surface area contributed by atoms with Gasteiger partial charge in [0.05, 0.1) is 5.41 Å². The summed E-state index contributed by atoms with van der Waals surface area (Å²) in [5.74, 6) is -0.307. The summed E-state index contributed by atoms with van der Waals surface area (Å²) in [6.07, 6.45) is 4.26. The molecule has 21 heavy (non-hydrogen) atoms. The second-order valence-corrected chi connectivity index (χ2v) is 7.07. The van der Waals surface area contributed by atoms with E-state index in [0.29, 0.717) is 37.9 Å². The minimum atomic E-state index is -0.749. The monoisotopic (exact) mass is 296 g/mol. The van der Waals surface area contributed by atoms with Gasteiger partial charge in [0.2, 0.25) is 0 Å². The summed E-state index contributed by atoms with van der Waals surface area (Å²) in [6.45, 7) is 7.96. The van der Waals surface area contributed by atoms with Crippen molar-refractivity contribution < 1.29 is 14.7 Å². The standard InChI is InChI=1S/C16H28N2O3/c1-4-7-16(14(19)20)8-9-17(11-16)15(21)18(10-12(2)3)13-5-6-13/h12-13H,4-11H2,1-3H3,(H,19,20). The van der Waals surface area contributed by atoms with E-state index in [1.54, 1.807) is 4.90 Å². The van der Waals surface area contributed by atoms with Crippen LogP contribution in [0.25, 0.3) is 0 Å². The van der Waals surface area contributed by atoms with Crippen LogP contribution in [0.5, 0.6) is 0 Å². The molecule has 0 aromatic heterocycles. The van der Waals surface area contributed by atoms with Gasteiger partial charge in [0.15, 0.2) is 0 Å². The molecule has 0 bridgehead atoms. The van der Waals surface area contributed by atoms with Crippen LogP contribution in [-0.2, 0) is 4.79 Å². The van der Waals surface area contributed by atoms with Crippen molar-refractivity contribution in [2.45, 2.75) is 58.9 Å². The highest BCUT2D eigenvalue weighted by Gasteiger charge is 2.47. The van der Waals surface area contributed by atoms with Crippen molar-refractivity contribution in [1.82, 2.24) is 9.80 Å². The Hall–Kier alpha value is -1.26. The molecule has 2 amide bonds. The van der Waals surface area contributed by atoms with Crippen LogP contribution in [0, 0.1) is 11.3 Å². The number of aliphatic carboxylic acids is 1. The summed E-state index contributed by atoms with van der Waals surface area (Å²) in [6, 6.07) is 0.427. The predicted octanol–water partition coefficient (Wildman–Crippen LogP) is 2.80. The molecule has 1 saturated carbocycles. The topological polar surface area (TPSA) is 60.9 Å². The van der Waals surface area contributed by atoms with Gasteiger partial charge in [0.1, 0.15) is 0 Å². The fraction of sp³-hybridized carbons (Fsp3) is 0.875. The van der Waals surface area contributed by atoms with Crippen LogP contribution in [0.1, 0.15) is 52.9 Å². The lowest BCUT2D eigenvalue weighted by Gasteiger charge is -2.31. The first kappa shape index (κ1) is 16.1. The number of carboxylic acid groups (broad SMARTS) is 1. The van der Waals surface area contributed by atoms with Crippen molar-refractivity contribution in [1.29, 1.82) is 0 Å². The summed E-state index contributed by atoms with van der Waals surface area (Å²) in [4.78, 5) is 28.1. The molecule has 2 fully saturated rings. The Morgan fingerprint density at radius 3 is 2.52 bits per heavy atom. The van der Waals surface area contributed by atoms with Crippen molar-refractivity contribution in [3.8, 4) is 0 Å². The SMILES string of the molecule is CCCC1(C(=O)O)CCN(C(=O)N(CC(C)C)C2CC2)C1. The average Bonchev–Trinajstić information content (AvgIpc) is 3.16. The van der Waals surface area contributed by atoms with Gasteiger partial charge in [-0.15, -0.1) is 0 Å². The number of hydrogen-bond acceptors (Lipinski definition) is 2. The van der Waals surface area contributed by atoms with E-state index in [1.165, 1.54) is 0 Å². The molecule has 1 heterocycles. The maximum atomic E-state index is 12.7. The van der Waals surface area contributed by atoms with E-state index in [9.17, 15) is 14.7 Å². The largest absolute Gasteiger partial charge is 0.481 e. The Balaban J connectivity index is 2.04. The highest BCUT2D eigenvalue weighted by molar-refractivity contribution is 5.80. The third-order valence-corrected chi connectivity index (χ3v) is 4.60. The third kappa shape index (κ3) is 3.50. The zero-order valence-electron chi connectivity index (χ0n) is 13.5. The van der Waals surface area contributed by atoms with Crippen molar-refractivity contribution >= 4 is 12.0 Å². The van der Waals surface area contributed by atoms with Crippen molar-refractivity contribution in [2.75, 3.05) is 19.6 Å². The Labute approximate surface area is 127 Å². The van der Waals surface area contributed by atoms with Gasteiger partial charge < -0.3 is 14.9 Å².